The minimum absolute atomic E-state index is 0.253. The number of ether oxygens (including phenoxy) is 1. The van der Waals surface area contributed by atoms with Crippen molar-refractivity contribution >= 4 is 0 Å². The molecule has 0 radical (unpaired) electrons. The lowest BCUT2D eigenvalue weighted by molar-refractivity contribution is -0.127. The van der Waals surface area contributed by atoms with Crippen LogP contribution in [0.15, 0.2) is 0 Å². The van der Waals surface area contributed by atoms with Crippen LogP contribution in [-0.2, 0) is 4.74 Å². The van der Waals surface area contributed by atoms with Crippen LogP contribution >= 0.6 is 0 Å². The van der Waals surface area contributed by atoms with Crippen LogP contribution in [0.1, 0.15) is 64.7 Å². The van der Waals surface area contributed by atoms with Crippen LogP contribution in [0.4, 0.5) is 0 Å². The maximum Gasteiger partial charge on any atom is 0.0697 e. The Labute approximate surface area is 130 Å². The molecule has 1 aliphatic carbocycles. The summed E-state index contributed by atoms with van der Waals surface area (Å²) in [6, 6.07) is 1.43. The first-order valence-corrected chi connectivity index (χ1v) is 9.28. The summed E-state index contributed by atoms with van der Waals surface area (Å²) in [6.45, 7) is 5.95. The Bertz CT molecular complexity index is 322. The van der Waals surface area contributed by atoms with Crippen LogP contribution in [0.3, 0.4) is 0 Å². The first kappa shape index (κ1) is 15.8. The van der Waals surface area contributed by atoms with Crippen molar-refractivity contribution in [2.45, 2.75) is 82.4 Å². The molecule has 3 aliphatic rings. The molecule has 3 unspecified atom stereocenters. The van der Waals surface area contributed by atoms with E-state index < -0.39 is 0 Å². The van der Waals surface area contributed by atoms with Gasteiger partial charge in [0.2, 0.25) is 0 Å². The lowest BCUT2D eigenvalue weighted by atomic mass is 9.77. The van der Waals surface area contributed by atoms with Crippen molar-refractivity contribution in [1.82, 2.24) is 10.2 Å². The van der Waals surface area contributed by atoms with Crippen LogP contribution in [0.5, 0.6) is 0 Å². The van der Waals surface area contributed by atoms with Crippen molar-refractivity contribution in [3.05, 3.63) is 0 Å². The van der Waals surface area contributed by atoms with E-state index in [4.69, 9.17) is 4.74 Å². The standard InChI is InChI=1S/C18H34N2O/c1-15(19-2)16-7-6-11-20(14-16)17-8-12-21-18(13-17)9-4-3-5-10-18/h15-17,19H,3-14H2,1-2H3. The van der Waals surface area contributed by atoms with Crippen LogP contribution < -0.4 is 5.32 Å². The fourth-order valence-corrected chi connectivity index (χ4v) is 4.87. The van der Waals surface area contributed by atoms with Gasteiger partial charge in [-0.15, -0.1) is 0 Å². The summed E-state index contributed by atoms with van der Waals surface area (Å²) in [5.74, 6) is 0.828. The van der Waals surface area contributed by atoms with E-state index in [-0.39, 0.29) is 5.60 Å². The Morgan fingerprint density at radius 1 is 1.14 bits per heavy atom. The number of nitrogens with one attached hydrogen (secondary N) is 1. The third kappa shape index (κ3) is 3.62. The molecule has 1 N–H and O–H groups in total. The minimum atomic E-state index is 0.253. The highest BCUT2D eigenvalue weighted by Crippen LogP contribution is 2.40. The summed E-state index contributed by atoms with van der Waals surface area (Å²) in [6.07, 6.45) is 12.1. The topological polar surface area (TPSA) is 24.5 Å². The summed E-state index contributed by atoms with van der Waals surface area (Å²) < 4.78 is 6.28. The lowest BCUT2D eigenvalue weighted by Gasteiger charge is -2.48. The highest BCUT2D eigenvalue weighted by Gasteiger charge is 2.41. The molecule has 3 fully saturated rings. The van der Waals surface area contributed by atoms with Crippen molar-refractivity contribution in [2.75, 3.05) is 26.7 Å². The van der Waals surface area contributed by atoms with Crippen molar-refractivity contribution < 1.29 is 4.74 Å². The quantitative estimate of drug-likeness (QED) is 0.865. The van der Waals surface area contributed by atoms with Gasteiger partial charge >= 0.3 is 0 Å². The van der Waals surface area contributed by atoms with Crippen molar-refractivity contribution in [2.24, 2.45) is 5.92 Å². The van der Waals surface area contributed by atoms with E-state index in [9.17, 15) is 0 Å². The van der Waals surface area contributed by atoms with Crippen molar-refractivity contribution in [3.63, 3.8) is 0 Å². The number of nitrogens with zero attached hydrogens (tertiary/aromatic N) is 1. The number of piperidine rings is 1. The van der Waals surface area contributed by atoms with Crippen molar-refractivity contribution in [1.29, 1.82) is 0 Å². The van der Waals surface area contributed by atoms with Crippen molar-refractivity contribution in [3.8, 4) is 0 Å². The third-order valence-corrected chi connectivity index (χ3v) is 6.40. The molecule has 2 heterocycles. The average molecular weight is 294 g/mol. The van der Waals surface area contributed by atoms with E-state index in [1.807, 2.05) is 0 Å². The largest absolute Gasteiger partial charge is 0.375 e. The van der Waals surface area contributed by atoms with E-state index in [2.05, 4.69) is 24.2 Å². The molecule has 0 aromatic heterocycles. The van der Waals surface area contributed by atoms with Gasteiger partial charge in [0.25, 0.3) is 0 Å². The second kappa shape index (κ2) is 6.97. The molecule has 3 heteroatoms. The molecule has 1 spiro atoms. The number of rotatable bonds is 3. The summed E-state index contributed by atoms with van der Waals surface area (Å²) in [4.78, 5) is 2.81. The van der Waals surface area contributed by atoms with Gasteiger partial charge in [0.15, 0.2) is 0 Å². The number of likely N-dealkylation sites (tertiary alicyclic amines) is 1. The van der Waals surface area contributed by atoms with E-state index >= 15 is 0 Å². The van der Waals surface area contributed by atoms with Crippen LogP contribution in [0.25, 0.3) is 0 Å². The van der Waals surface area contributed by atoms with Crippen LogP contribution in [0, 0.1) is 5.92 Å². The Hall–Kier alpha value is -0.120. The monoisotopic (exact) mass is 294 g/mol. The first-order valence-electron chi connectivity index (χ1n) is 9.28. The van der Waals surface area contributed by atoms with E-state index in [1.54, 1.807) is 0 Å². The predicted molar refractivity (Wildman–Crippen MR) is 87.6 cm³/mol. The smallest absolute Gasteiger partial charge is 0.0697 e. The Kier molecular flexibility index (Phi) is 5.23. The highest BCUT2D eigenvalue weighted by atomic mass is 16.5. The molecule has 0 bridgehead atoms. The molecule has 3 nitrogen and oxygen atoms in total. The molecule has 0 aromatic carbocycles. The Balaban J connectivity index is 1.60. The van der Waals surface area contributed by atoms with Crippen LogP contribution in [0.2, 0.25) is 0 Å². The summed E-state index contributed by atoms with van der Waals surface area (Å²) in [5.41, 5.74) is 0.253. The molecule has 2 aliphatic heterocycles. The van der Waals surface area contributed by atoms with Gasteiger partial charge < -0.3 is 10.1 Å². The summed E-state index contributed by atoms with van der Waals surface area (Å²) in [7, 11) is 2.11. The van der Waals surface area contributed by atoms with Gasteiger partial charge in [-0.25, -0.2) is 0 Å². The van der Waals surface area contributed by atoms with Gasteiger partial charge in [0.1, 0.15) is 0 Å². The fourth-order valence-electron chi connectivity index (χ4n) is 4.87. The molecule has 3 rings (SSSR count). The van der Waals surface area contributed by atoms with Gasteiger partial charge in [-0.2, -0.15) is 0 Å². The average Bonchev–Trinajstić information content (AvgIpc) is 2.55. The summed E-state index contributed by atoms with van der Waals surface area (Å²) >= 11 is 0. The van der Waals surface area contributed by atoms with Gasteiger partial charge in [-0.05, 0) is 65.0 Å². The maximum atomic E-state index is 6.28. The Morgan fingerprint density at radius 2 is 1.95 bits per heavy atom. The maximum absolute atomic E-state index is 6.28. The number of hydrogen-bond acceptors (Lipinski definition) is 3. The van der Waals surface area contributed by atoms with E-state index in [1.165, 1.54) is 70.9 Å². The molecular weight excluding hydrogens is 260 g/mol. The molecule has 21 heavy (non-hydrogen) atoms. The lowest BCUT2D eigenvalue weighted by Crippen LogP contribution is -2.53. The minimum Gasteiger partial charge on any atom is -0.375 e. The molecule has 3 atom stereocenters. The van der Waals surface area contributed by atoms with Gasteiger partial charge in [-0.1, -0.05) is 19.3 Å². The van der Waals surface area contributed by atoms with E-state index in [0.29, 0.717) is 6.04 Å². The first-order chi connectivity index (χ1) is 10.2. The third-order valence-electron chi connectivity index (χ3n) is 6.40. The molecular formula is C18H34N2O. The van der Waals surface area contributed by atoms with Gasteiger partial charge in [0.05, 0.1) is 5.60 Å². The van der Waals surface area contributed by atoms with E-state index in [0.717, 1.165) is 18.6 Å². The van der Waals surface area contributed by atoms with Gasteiger partial charge in [0, 0.05) is 25.2 Å². The summed E-state index contributed by atoms with van der Waals surface area (Å²) in [5, 5.41) is 3.46. The van der Waals surface area contributed by atoms with Crippen LogP contribution in [-0.4, -0.2) is 49.3 Å². The molecule has 122 valence electrons. The van der Waals surface area contributed by atoms with Gasteiger partial charge in [-0.3, -0.25) is 4.90 Å². The molecule has 2 saturated heterocycles. The zero-order valence-electron chi connectivity index (χ0n) is 14.1. The SMILES string of the molecule is CNC(C)C1CCCN(C2CCOC3(CCCCC3)C2)C1. The predicted octanol–water partition coefficient (Wildman–Crippen LogP) is 3.19. The Morgan fingerprint density at radius 3 is 2.71 bits per heavy atom. The second-order valence-electron chi connectivity index (χ2n) is 7.71. The molecule has 0 amide bonds. The molecule has 0 aromatic rings. The second-order valence-corrected chi connectivity index (χ2v) is 7.71. The highest BCUT2D eigenvalue weighted by molar-refractivity contribution is 4.94. The zero-order valence-corrected chi connectivity index (χ0v) is 14.1. The number of hydrogen-bond donors (Lipinski definition) is 1. The molecule has 1 saturated carbocycles. The normalized spacial score (nSPS) is 35.7. The fraction of sp³-hybridized carbons (Fsp3) is 1.00. The zero-order chi connectivity index (χ0) is 14.7.